The Morgan fingerprint density at radius 1 is 0.431 bits per heavy atom. The van der Waals surface area contributed by atoms with Crippen LogP contribution in [-0.2, 0) is 5.41 Å². The van der Waals surface area contributed by atoms with Crippen molar-refractivity contribution >= 4 is 65.6 Å². The minimum Gasteiger partial charge on any atom is -0.311 e. The van der Waals surface area contributed by atoms with Gasteiger partial charge in [-0.2, -0.15) is 0 Å². The van der Waals surface area contributed by atoms with Crippen LogP contribution in [0.25, 0.3) is 20.2 Å². The quantitative estimate of drug-likeness (QED) is 0.144. The number of para-hydroxylation sites is 2. The van der Waals surface area contributed by atoms with Crippen LogP contribution in [0, 0.1) is 11.8 Å². The Balaban J connectivity index is 0.974. The Bertz CT molecular complexity index is 2620. The summed E-state index contributed by atoms with van der Waals surface area (Å²) in [7, 11) is 0. The molecule has 58 heavy (non-hydrogen) atoms. The van der Waals surface area contributed by atoms with E-state index in [4.69, 9.17) is 0 Å². The topological polar surface area (TPSA) is 6.48 Å². The zero-order chi connectivity index (χ0) is 38.5. The maximum Gasteiger partial charge on any atom is 0.0476 e. The van der Waals surface area contributed by atoms with E-state index in [1.165, 1.54) is 129 Å². The smallest absolute Gasteiger partial charge is 0.0476 e. The summed E-state index contributed by atoms with van der Waals surface area (Å²) in [5, 5.41) is 2.69. The van der Waals surface area contributed by atoms with Gasteiger partial charge in [-0.05, 0) is 145 Å². The van der Waals surface area contributed by atoms with Crippen LogP contribution >= 0.6 is 11.3 Å². The molecule has 3 heteroatoms. The van der Waals surface area contributed by atoms with Gasteiger partial charge < -0.3 is 9.80 Å². The number of thiophene rings is 1. The highest BCUT2D eigenvalue weighted by molar-refractivity contribution is 7.25. The number of nitrogens with zero attached hydrogens (tertiary/aromatic N) is 2. The van der Waals surface area contributed by atoms with Crippen molar-refractivity contribution in [1.82, 2.24) is 0 Å². The molecule has 2 bridgehead atoms. The van der Waals surface area contributed by atoms with Crippen LogP contribution in [-0.4, -0.2) is 0 Å². The molecule has 3 unspecified atom stereocenters. The number of rotatable bonds is 9. The van der Waals surface area contributed by atoms with E-state index in [1.807, 2.05) is 11.3 Å². The molecular weight excluding hydrogens is 721 g/mol. The van der Waals surface area contributed by atoms with Crippen molar-refractivity contribution in [2.45, 2.75) is 69.1 Å². The van der Waals surface area contributed by atoms with Gasteiger partial charge in [-0.1, -0.05) is 123 Å². The van der Waals surface area contributed by atoms with Crippen molar-refractivity contribution in [3.8, 4) is 0 Å². The van der Waals surface area contributed by atoms with Gasteiger partial charge in [0.15, 0.2) is 0 Å². The summed E-state index contributed by atoms with van der Waals surface area (Å²) in [5.41, 5.74) is 11.6. The van der Waals surface area contributed by atoms with Gasteiger partial charge in [0, 0.05) is 59.7 Å². The lowest BCUT2D eigenvalue weighted by Crippen LogP contribution is -2.34. The van der Waals surface area contributed by atoms with Crippen molar-refractivity contribution in [2.75, 3.05) is 9.80 Å². The normalized spacial score (nSPS) is 20.5. The summed E-state index contributed by atoms with van der Waals surface area (Å²) in [6.07, 6.45) is 12.0. The minimum absolute atomic E-state index is 0.0206. The first kappa shape index (κ1) is 35.5. The van der Waals surface area contributed by atoms with Crippen LogP contribution in [0.4, 0.5) is 34.1 Å². The van der Waals surface area contributed by atoms with E-state index in [0.29, 0.717) is 11.8 Å². The lowest BCUT2D eigenvalue weighted by Gasteiger charge is -2.40. The fourth-order valence-corrected chi connectivity index (χ4v) is 12.4. The third-order valence-electron chi connectivity index (χ3n) is 14.0. The third-order valence-corrected chi connectivity index (χ3v) is 15.1. The molecule has 0 amide bonds. The second-order valence-corrected chi connectivity index (χ2v) is 18.3. The summed E-state index contributed by atoms with van der Waals surface area (Å²) in [4.78, 5) is 4.86. The van der Waals surface area contributed by atoms with E-state index in [9.17, 15) is 0 Å². The van der Waals surface area contributed by atoms with Gasteiger partial charge in [-0.3, -0.25) is 0 Å². The molecule has 11 rings (SSSR count). The maximum atomic E-state index is 2.49. The van der Waals surface area contributed by atoms with Crippen LogP contribution < -0.4 is 9.80 Å². The molecule has 3 aliphatic rings. The molecule has 0 spiro atoms. The van der Waals surface area contributed by atoms with E-state index in [0.717, 1.165) is 5.92 Å². The molecule has 7 aromatic carbocycles. The van der Waals surface area contributed by atoms with Crippen molar-refractivity contribution in [3.63, 3.8) is 0 Å². The number of fused-ring (bicyclic) bond motifs is 5. The number of hydrogen-bond acceptors (Lipinski definition) is 3. The highest BCUT2D eigenvalue weighted by Gasteiger charge is 2.52. The van der Waals surface area contributed by atoms with Crippen LogP contribution in [0.1, 0.15) is 80.4 Å². The van der Waals surface area contributed by atoms with Crippen LogP contribution in [0.3, 0.4) is 0 Å². The van der Waals surface area contributed by atoms with Crippen LogP contribution in [0.5, 0.6) is 0 Å². The summed E-state index contributed by atoms with van der Waals surface area (Å²) in [6, 6.07) is 66.4. The molecule has 3 aliphatic carbocycles. The van der Waals surface area contributed by atoms with Crippen molar-refractivity contribution < 1.29 is 0 Å². The molecule has 286 valence electrons. The number of anilines is 6. The maximum absolute atomic E-state index is 2.49. The molecule has 0 radical (unpaired) electrons. The monoisotopic (exact) mass is 770 g/mol. The summed E-state index contributed by atoms with van der Waals surface area (Å²) in [6.45, 7) is 0. The second-order valence-electron chi connectivity index (χ2n) is 17.2. The van der Waals surface area contributed by atoms with Gasteiger partial charge in [0.1, 0.15) is 0 Å². The summed E-state index contributed by atoms with van der Waals surface area (Å²) < 4.78 is 2.68. The first-order chi connectivity index (χ1) is 28.7. The first-order valence-electron chi connectivity index (χ1n) is 21.6. The predicted molar refractivity (Wildman–Crippen MR) is 247 cm³/mol. The molecule has 3 saturated carbocycles. The lowest BCUT2D eigenvalue weighted by atomic mass is 9.64. The Kier molecular flexibility index (Phi) is 9.15. The molecule has 1 heterocycles. The van der Waals surface area contributed by atoms with Gasteiger partial charge in [0.05, 0.1) is 0 Å². The Morgan fingerprint density at radius 3 is 1.53 bits per heavy atom. The third kappa shape index (κ3) is 6.23. The van der Waals surface area contributed by atoms with Crippen molar-refractivity contribution in [2.24, 2.45) is 11.8 Å². The fourth-order valence-electron chi connectivity index (χ4n) is 11.3. The highest BCUT2D eigenvalue weighted by Crippen LogP contribution is 2.60. The molecule has 1 aromatic heterocycles. The van der Waals surface area contributed by atoms with Crippen LogP contribution in [0.2, 0.25) is 0 Å². The van der Waals surface area contributed by atoms with Crippen molar-refractivity contribution in [3.05, 3.63) is 193 Å². The Morgan fingerprint density at radius 2 is 0.948 bits per heavy atom. The Labute approximate surface area is 347 Å². The van der Waals surface area contributed by atoms with Gasteiger partial charge >= 0.3 is 0 Å². The summed E-state index contributed by atoms with van der Waals surface area (Å²) in [5.74, 6) is 2.14. The van der Waals surface area contributed by atoms with Crippen LogP contribution in [0.15, 0.2) is 176 Å². The van der Waals surface area contributed by atoms with E-state index in [2.05, 4.69) is 186 Å². The van der Waals surface area contributed by atoms with E-state index >= 15 is 0 Å². The molecule has 2 nitrogen and oxygen atoms in total. The molecule has 0 saturated heterocycles. The zero-order valence-electron chi connectivity index (χ0n) is 33.1. The summed E-state index contributed by atoms with van der Waals surface area (Å²) >= 11 is 1.90. The zero-order valence-corrected chi connectivity index (χ0v) is 34.0. The minimum atomic E-state index is 0.0206. The second kappa shape index (κ2) is 14.9. The number of benzene rings is 7. The van der Waals surface area contributed by atoms with Gasteiger partial charge in [0.25, 0.3) is 0 Å². The molecule has 3 atom stereocenters. The Hall–Kier alpha value is -5.64. The molecule has 0 N–H and O–H groups in total. The average molecular weight is 771 g/mol. The van der Waals surface area contributed by atoms with Gasteiger partial charge in [-0.25, -0.2) is 0 Å². The van der Waals surface area contributed by atoms with Gasteiger partial charge in [0.2, 0.25) is 0 Å². The average Bonchev–Trinajstić information content (AvgIpc) is 4.03. The highest BCUT2D eigenvalue weighted by atomic mass is 32.1. The fraction of sp³-hybridized carbons (Fsp3) is 0.236. The number of hydrogen-bond donors (Lipinski definition) is 0. The van der Waals surface area contributed by atoms with E-state index in [1.54, 1.807) is 0 Å². The SMILES string of the molecule is c1ccc(N(c2ccccc2)c2ccc(C3(c4ccc(N(c5ccc(C6CCCCC6)cc5)c5ccc6c(c5)sc5ccccc56)cc4)CC4CCC3C4)cc2)cc1. The van der Waals surface area contributed by atoms with Gasteiger partial charge in [-0.15, -0.1) is 11.3 Å². The molecular formula is C55H50N2S. The molecule has 8 aromatic rings. The van der Waals surface area contributed by atoms with E-state index < -0.39 is 0 Å². The first-order valence-corrected chi connectivity index (χ1v) is 22.5. The predicted octanol–water partition coefficient (Wildman–Crippen LogP) is 16.1. The standard InChI is InChI=1S/C55H50N2S/c1-4-12-40(13-5-1)41-21-28-47(29-22-41)57(50-34-35-52-51-18-10-11-19-53(51)58-54(52)37-50)49-32-26-43(27-33-49)55(38-39-20-23-44(55)36-39)42-24-30-48(31-25-42)56(45-14-6-2-7-15-45)46-16-8-3-9-17-46/h2-3,6-11,14-19,21-22,24-35,37,39-40,44H,1,4-5,12-13,20,23,36,38H2. The van der Waals surface area contributed by atoms with Crippen molar-refractivity contribution in [1.29, 1.82) is 0 Å². The molecule has 0 aliphatic heterocycles. The molecule has 3 fully saturated rings. The lowest BCUT2D eigenvalue weighted by molar-refractivity contribution is 0.320. The largest absolute Gasteiger partial charge is 0.311 e. The van der Waals surface area contributed by atoms with E-state index in [-0.39, 0.29) is 5.41 Å².